The van der Waals surface area contributed by atoms with E-state index in [0.717, 1.165) is 21.3 Å². The molecule has 1 aromatic heterocycles. The molecule has 6 heteroatoms. The molecule has 0 saturated heterocycles. The van der Waals surface area contributed by atoms with E-state index in [-0.39, 0.29) is 0 Å². The van der Waals surface area contributed by atoms with Crippen molar-refractivity contribution >= 4 is 21.7 Å². The van der Waals surface area contributed by atoms with E-state index in [9.17, 15) is 0 Å². The summed E-state index contributed by atoms with van der Waals surface area (Å²) in [5, 5.41) is 0. The molecule has 1 aromatic carbocycles. The number of rotatable bonds is 4. The molecule has 19 heavy (non-hydrogen) atoms. The monoisotopic (exact) mass is 322 g/mol. The molecule has 0 aliphatic rings. The topological polar surface area (TPSA) is 73.1 Å². The van der Waals surface area contributed by atoms with Crippen molar-refractivity contribution in [2.75, 3.05) is 12.5 Å². The molecule has 0 radical (unpaired) electrons. The highest BCUT2D eigenvalue weighted by atomic mass is 79.9. The lowest BCUT2D eigenvalue weighted by atomic mass is 10.1. The molecular formula is C13H15BrN4O. The second-order valence-corrected chi connectivity index (χ2v) is 4.96. The second kappa shape index (κ2) is 6.10. The quantitative estimate of drug-likeness (QED) is 0.668. The Bertz CT molecular complexity index is 589. The highest BCUT2D eigenvalue weighted by molar-refractivity contribution is 9.10. The number of benzene rings is 1. The van der Waals surface area contributed by atoms with Crippen LogP contribution in [0.5, 0.6) is 0 Å². The van der Waals surface area contributed by atoms with Gasteiger partial charge in [0.25, 0.3) is 0 Å². The van der Waals surface area contributed by atoms with Crippen LogP contribution in [0.3, 0.4) is 0 Å². The number of hydrazine groups is 1. The molecule has 1 heterocycles. The van der Waals surface area contributed by atoms with Crippen LogP contribution in [0.2, 0.25) is 0 Å². The third-order valence-corrected chi connectivity index (χ3v) is 3.50. The van der Waals surface area contributed by atoms with Crippen molar-refractivity contribution in [3.8, 4) is 11.4 Å². The van der Waals surface area contributed by atoms with E-state index in [1.807, 2.05) is 25.1 Å². The molecule has 0 amide bonds. The van der Waals surface area contributed by atoms with E-state index in [0.29, 0.717) is 18.2 Å². The first-order valence-corrected chi connectivity index (χ1v) is 6.53. The van der Waals surface area contributed by atoms with Gasteiger partial charge in [-0.3, -0.25) is 0 Å². The Kier molecular flexibility index (Phi) is 4.47. The summed E-state index contributed by atoms with van der Waals surface area (Å²) in [5.41, 5.74) is 5.40. The summed E-state index contributed by atoms with van der Waals surface area (Å²) in [6, 6.07) is 7.74. The summed E-state index contributed by atoms with van der Waals surface area (Å²) in [6.45, 7) is 2.44. The Labute approximate surface area is 120 Å². The van der Waals surface area contributed by atoms with Crippen molar-refractivity contribution in [1.82, 2.24) is 9.97 Å². The maximum Gasteiger partial charge on any atom is 0.161 e. The highest BCUT2D eigenvalue weighted by Gasteiger charge is 2.08. The van der Waals surface area contributed by atoms with Gasteiger partial charge in [0.2, 0.25) is 0 Å². The Balaban J connectivity index is 2.47. The lowest BCUT2D eigenvalue weighted by Crippen LogP contribution is -2.10. The molecular weight excluding hydrogens is 308 g/mol. The zero-order valence-electron chi connectivity index (χ0n) is 10.8. The van der Waals surface area contributed by atoms with Gasteiger partial charge in [0.1, 0.15) is 5.82 Å². The van der Waals surface area contributed by atoms with Gasteiger partial charge in [0, 0.05) is 23.2 Å². The summed E-state index contributed by atoms with van der Waals surface area (Å²) in [7, 11) is 1.62. The van der Waals surface area contributed by atoms with E-state index >= 15 is 0 Å². The maximum absolute atomic E-state index is 5.43. The minimum Gasteiger partial charge on any atom is -0.378 e. The Morgan fingerprint density at radius 2 is 2.11 bits per heavy atom. The fourth-order valence-electron chi connectivity index (χ4n) is 1.65. The van der Waals surface area contributed by atoms with Crippen LogP contribution in [0, 0.1) is 6.92 Å². The van der Waals surface area contributed by atoms with E-state index in [1.54, 1.807) is 13.2 Å². The van der Waals surface area contributed by atoms with Crippen LogP contribution in [0.25, 0.3) is 11.4 Å². The number of aryl methyl sites for hydroxylation is 1. The zero-order valence-corrected chi connectivity index (χ0v) is 12.4. The predicted molar refractivity (Wildman–Crippen MR) is 78.4 cm³/mol. The van der Waals surface area contributed by atoms with Gasteiger partial charge in [0.15, 0.2) is 5.82 Å². The van der Waals surface area contributed by atoms with Crippen molar-refractivity contribution in [3.05, 3.63) is 40.0 Å². The average Bonchev–Trinajstić information content (AvgIpc) is 2.42. The van der Waals surface area contributed by atoms with Crippen molar-refractivity contribution in [2.45, 2.75) is 13.5 Å². The molecule has 0 aliphatic carbocycles. The average molecular weight is 323 g/mol. The van der Waals surface area contributed by atoms with Crippen LogP contribution in [-0.2, 0) is 11.3 Å². The van der Waals surface area contributed by atoms with E-state index in [1.165, 1.54) is 0 Å². The Hall–Kier alpha value is -1.50. The summed E-state index contributed by atoms with van der Waals surface area (Å²) >= 11 is 3.51. The molecule has 3 N–H and O–H groups in total. The molecule has 0 unspecified atom stereocenters. The summed E-state index contributed by atoms with van der Waals surface area (Å²) in [5.74, 6) is 6.60. The number of anilines is 1. The number of aromatic nitrogens is 2. The number of nitrogens with two attached hydrogens (primary N) is 1. The van der Waals surface area contributed by atoms with Crippen molar-refractivity contribution < 1.29 is 4.74 Å². The Morgan fingerprint density at radius 3 is 2.74 bits per heavy atom. The predicted octanol–water partition coefficient (Wildman–Crippen LogP) is 2.65. The molecule has 0 bridgehead atoms. The number of nitrogens with zero attached hydrogens (tertiary/aromatic N) is 2. The van der Waals surface area contributed by atoms with Gasteiger partial charge < -0.3 is 10.2 Å². The van der Waals surface area contributed by atoms with Gasteiger partial charge >= 0.3 is 0 Å². The van der Waals surface area contributed by atoms with Crippen LogP contribution in [0.4, 0.5) is 5.82 Å². The number of hydrogen-bond acceptors (Lipinski definition) is 5. The van der Waals surface area contributed by atoms with Crippen LogP contribution in [-0.4, -0.2) is 17.1 Å². The van der Waals surface area contributed by atoms with Gasteiger partial charge in [-0.15, -0.1) is 0 Å². The number of nitrogens with one attached hydrogen (secondary N) is 1. The molecule has 5 nitrogen and oxygen atoms in total. The molecule has 0 atom stereocenters. The van der Waals surface area contributed by atoms with E-state index in [4.69, 9.17) is 10.6 Å². The largest absolute Gasteiger partial charge is 0.378 e. The van der Waals surface area contributed by atoms with Gasteiger partial charge in [-0.25, -0.2) is 15.8 Å². The van der Waals surface area contributed by atoms with E-state index < -0.39 is 0 Å². The maximum atomic E-state index is 5.43. The van der Waals surface area contributed by atoms with Crippen molar-refractivity contribution in [1.29, 1.82) is 0 Å². The van der Waals surface area contributed by atoms with Crippen LogP contribution < -0.4 is 11.3 Å². The molecule has 0 fully saturated rings. The third-order valence-electron chi connectivity index (χ3n) is 2.65. The SMILES string of the molecule is COCc1cc(NN)nc(-c2ccc(C)c(Br)c2)n1. The molecule has 2 rings (SSSR count). The van der Waals surface area contributed by atoms with Gasteiger partial charge in [-0.2, -0.15) is 0 Å². The summed E-state index contributed by atoms with van der Waals surface area (Å²) < 4.78 is 6.11. The number of halogens is 1. The first-order valence-electron chi connectivity index (χ1n) is 5.74. The minimum absolute atomic E-state index is 0.414. The lowest BCUT2D eigenvalue weighted by Gasteiger charge is -2.08. The highest BCUT2D eigenvalue weighted by Crippen LogP contribution is 2.24. The van der Waals surface area contributed by atoms with E-state index in [2.05, 4.69) is 31.3 Å². The molecule has 2 aromatic rings. The first-order chi connectivity index (χ1) is 9.13. The second-order valence-electron chi connectivity index (χ2n) is 4.11. The number of hydrogen-bond donors (Lipinski definition) is 2. The fraction of sp³-hybridized carbons (Fsp3) is 0.231. The number of methoxy groups -OCH3 is 1. The van der Waals surface area contributed by atoms with Crippen molar-refractivity contribution in [2.24, 2.45) is 5.84 Å². The lowest BCUT2D eigenvalue weighted by molar-refractivity contribution is 0.181. The van der Waals surface area contributed by atoms with Crippen LogP contribution >= 0.6 is 15.9 Å². The Morgan fingerprint density at radius 1 is 1.32 bits per heavy atom. The van der Waals surface area contributed by atoms with Gasteiger partial charge in [0.05, 0.1) is 12.3 Å². The van der Waals surface area contributed by atoms with Gasteiger partial charge in [-0.1, -0.05) is 28.1 Å². The van der Waals surface area contributed by atoms with Crippen LogP contribution in [0.1, 0.15) is 11.3 Å². The number of ether oxygens (including phenoxy) is 1. The molecule has 100 valence electrons. The van der Waals surface area contributed by atoms with Crippen molar-refractivity contribution in [3.63, 3.8) is 0 Å². The summed E-state index contributed by atoms with van der Waals surface area (Å²) in [6.07, 6.45) is 0. The third kappa shape index (κ3) is 3.28. The number of nitrogen functional groups attached to an aromatic ring is 1. The first kappa shape index (κ1) is 13.9. The molecule has 0 aliphatic heterocycles. The minimum atomic E-state index is 0.414. The van der Waals surface area contributed by atoms with Gasteiger partial charge in [-0.05, 0) is 18.6 Å². The molecule has 0 spiro atoms. The zero-order chi connectivity index (χ0) is 13.8. The standard InChI is InChI=1S/C13H15BrN4O/c1-8-3-4-9(5-11(8)14)13-16-10(7-19-2)6-12(17-13)18-15/h3-6H,7,15H2,1-2H3,(H,16,17,18). The summed E-state index contributed by atoms with van der Waals surface area (Å²) in [4.78, 5) is 8.81. The normalized spacial score (nSPS) is 10.5. The molecule has 0 saturated carbocycles. The smallest absolute Gasteiger partial charge is 0.161 e. The van der Waals surface area contributed by atoms with Crippen LogP contribution in [0.15, 0.2) is 28.7 Å². The fourth-order valence-corrected chi connectivity index (χ4v) is 2.03.